The average Bonchev–Trinajstić information content (AvgIpc) is 2.30. The minimum absolute atomic E-state index is 0.223. The summed E-state index contributed by atoms with van der Waals surface area (Å²) in [6, 6.07) is 0. The van der Waals surface area contributed by atoms with Crippen molar-refractivity contribution < 1.29 is 13.2 Å². The minimum Gasteiger partial charge on any atom is -0.381 e. The maximum atomic E-state index is 12.3. The van der Waals surface area contributed by atoms with E-state index in [4.69, 9.17) is 4.74 Å². The molecule has 6 heteroatoms. The molecular weight excluding hydrogens is 294 g/mol. The Hall–Kier alpha value is 0.350. The second-order valence-corrected chi connectivity index (χ2v) is 7.96. The molecule has 1 unspecified atom stereocenters. The molecule has 94 valence electrons. The molecule has 2 rings (SSSR count). The summed E-state index contributed by atoms with van der Waals surface area (Å²) < 4.78 is 31.5. The third-order valence-corrected chi connectivity index (χ3v) is 6.39. The van der Waals surface area contributed by atoms with Crippen LogP contribution in [-0.4, -0.2) is 49.1 Å². The van der Waals surface area contributed by atoms with Gasteiger partial charge in [0.15, 0.2) is 0 Å². The van der Waals surface area contributed by atoms with Crippen molar-refractivity contribution in [1.29, 1.82) is 0 Å². The highest BCUT2D eigenvalue weighted by molar-refractivity contribution is 9.09. The van der Waals surface area contributed by atoms with Crippen LogP contribution in [-0.2, 0) is 14.8 Å². The van der Waals surface area contributed by atoms with E-state index in [1.807, 2.05) is 0 Å². The molecule has 1 atom stereocenters. The van der Waals surface area contributed by atoms with Crippen molar-refractivity contribution in [1.82, 2.24) is 4.31 Å². The molecule has 0 N–H and O–H groups in total. The Kier molecular flexibility index (Phi) is 4.26. The normalized spacial score (nSPS) is 30.4. The number of halogens is 1. The molecule has 2 saturated heterocycles. The van der Waals surface area contributed by atoms with E-state index < -0.39 is 10.0 Å². The third-order valence-electron chi connectivity index (χ3n) is 3.28. The standard InChI is InChI=1S/C10H18BrNO3S/c11-9-2-1-5-12(8-9)16(13,14)10-3-6-15-7-4-10/h9-10H,1-8H2. The fourth-order valence-corrected chi connectivity index (χ4v) is 5.15. The Balaban J connectivity index is 2.05. The summed E-state index contributed by atoms with van der Waals surface area (Å²) in [6.45, 7) is 2.46. The number of sulfonamides is 1. The van der Waals surface area contributed by atoms with E-state index in [0.29, 0.717) is 44.0 Å². The molecule has 0 amide bonds. The first-order chi connectivity index (χ1) is 7.60. The molecule has 0 aromatic heterocycles. The fraction of sp³-hybridized carbons (Fsp3) is 1.00. The summed E-state index contributed by atoms with van der Waals surface area (Å²) in [5.74, 6) is 0. The Morgan fingerprint density at radius 1 is 1.19 bits per heavy atom. The Morgan fingerprint density at radius 3 is 2.50 bits per heavy atom. The predicted octanol–water partition coefficient (Wildman–Crippen LogP) is 1.35. The summed E-state index contributed by atoms with van der Waals surface area (Å²) >= 11 is 3.51. The summed E-state index contributed by atoms with van der Waals surface area (Å²) in [6.07, 6.45) is 3.32. The molecule has 0 radical (unpaired) electrons. The zero-order chi connectivity index (χ0) is 11.6. The SMILES string of the molecule is O=S(=O)(C1CCOCC1)N1CCCC(Br)C1. The number of rotatable bonds is 2. The van der Waals surface area contributed by atoms with E-state index in [1.54, 1.807) is 4.31 Å². The summed E-state index contributed by atoms with van der Waals surface area (Å²) in [5.41, 5.74) is 0. The molecular formula is C10H18BrNO3S. The van der Waals surface area contributed by atoms with Crippen LogP contribution in [0, 0.1) is 0 Å². The summed E-state index contributed by atoms with van der Waals surface area (Å²) in [7, 11) is -3.09. The van der Waals surface area contributed by atoms with Gasteiger partial charge in [-0.05, 0) is 25.7 Å². The van der Waals surface area contributed by atoms with Crippen molar-refractivity contribution >= 4 is 26.0 Å². The first-order valence-electron chi connectivity index (χ1n) is 5.81. The lowest BCUT2D eigenvalue weighted by molar-refractivity contribution is 0.0970. The molecule has 4 nitrogen and oxygen atoms in total. The molecule has 16 heavy (non-hydrogen) atoms. The van der Waals surface area contributed by atoms with Crippen LogP contribution in [0.3, 0.4) is 0 Å². The molecule has 0 spiro atoms. The van der Waals surface area contributed by atoms with E-state index >= 15 is 0 Å². The van der Waals surface area contributed by atoms with E-state index in [2.05, 4.69) is 15.9 Å². The van der Waals surface area contributed by atoms with Gasteiger partial charge in [0.2, 0.25) is 10.0 Å². The van der Waals surface area contributed by atoms with E-state index in [0.717, 1.165) is 12.8 Å². The zero-order valence-electron chi connectivity index (χ0n) is 9.27. The maximum absolute atomic E-state index is 12.3. The maximum Gasteiger partial charge on any atom is 0.217 e. The fourth-order valence-electron chi connectivity index (χ4n) is 2.31. The van der Waals surface area contributed by atoms with Gasteiger partial charge in [-0.15, -0.1) is 0 Å². The molecule has 0 aromatic rings. The highest BCUT2D eigenvalue weighted by Gasteiger charge is 2.35. The van der Waals surface area contributed by atoms with Gasteiger partial charge in [-0.25, -0.2) is 12.7 Å². The average molecular weight is 312 g/mol. The van der Waals surface area contributed by atoms with Gasteiger partial charge in [-0.3, -0.25) is 0 Å². The molecule has 2 aliphatic rings. The summed E-state index contributed by atoms with van der Waals surface area (Å²) in [5, 5.41) is -0.223. The molecule has 0 bridgehead atoms. The van der Waals surface area contributed by atoms with Crippen LogP contribution < -0.4 is 0 Å². The first-order valence-corrected chi connectivity index (χ1v) is 8.23. The van der Waals surface area contributed by atoms with Gasteiger partial charge in [-0.2, -0.15) is 0 Å². The van der Waals surface area contributed by atoms with Crippen molar-refractivity contribution in [2.24, 2.45) is 0 Å². The zero-order valence-corrected chi connectivity index (χ0v) is 11.7. The van der Waals surface area contributed by atoms with E-state index in [1.165, 1.54) is 0 Å². The molecule has 2 fully saturated rings. The predicted molar refractivity (Wildman–Crippen MR) is 66.3 cm³/mol. The third kappa shape index (κ3) is 2.78. The number of alkyl halides is 1. The quantitative estimate of drug-likeness (QED) is 0.723. The number of nitrogens with zero attached hydrogens (tertiary/aromatic N) is 1. The van der Waals surface area contributed by atoms with Gasteiger partial charge in [-0.1, -0.05) is 15.9 Å². The Bertz CT molecular complexity index is 327. The van der Waals surface area contributed by atoms with Crippen molar-refractivity contribution in [3.63, 3.8) is 0 Å². The monoisotopic (exact) mass is 311 g/mol. The van der Waals surface area contributed by atoms with Crippen LogP contribution in [0.1, 0.15) is 25.7 Å². The van der Waals surface area contributed by atoms with Crippen molar-refractivity contribution in [2.45, 2.75) is 35.8 Å². The highest BCUT2D eigenvalue weighted by Crippen LogP contribution is 2.25. The highest BCUT2D eigenvalue weighted by atomic mass is 79.9. The molecule has 0 aromatic carbocycles. The van der Waals surface area contributed by atoms with Crippen LogP contribution in [0.4, 0.5) is 0 Å². The van der Waals surface area contributed by atoms with Gasteiger partial charge in [0, 0.05) is 31.1 Å². The molecule has 0 saturated carbocycles. The lowest BCUT2D eigenvalue weighted by atomic mass is 10.2. The van der Waals surface area contributed by atoms with Gasteiger partial charge in [0.1, 0.15) is 0 Å². The van der Waals surface area contributed by atoms with Crippen LogP contribution >= 0.6 is 15.9 Å². The van der Waals surface area contributed by atoms with Gasteiger partial charge in [0.25, 0.3) is 0 Å². The second-order valence-electron chi connectivity index (χ2n) is 4.45. The van der Waals surface area contributed by atoms with Crippen LogP contribution in [0.2, 0.25) is 0 Å². The van der Waals surface area contributed by atoms with Crippen molar-refractivity contribution in [2.75, 3.05) is 26.3 Å². The Labute approximate surface area is 106 Å². The minimum atomic E-state index is -3.09. The van der Waals surface area contributed by atoms with Gasteiger partial charge >= 0.3 is 0 Å². The van der Waals surface area contributed by atoms with Crippen molar-refractivity contribution in [3.05, 3.63) is 0 Å². The van der Waals surface area contributed by atoms with Gasteiger partial charge in [0.05, 0.1) is 5.25 Å². The number of hydrogen-bond acceptors (Lipinski definition) is 3. The smallest absolute Gasteiger partial charge is 0.217 e. The number of hydrogen-bond donors (Lipinski definition) is 0. The number of ether oxygens (including phenoxy) is 1. The van der Waals surface area contributed by atoms with E-state index in [-0.39, 0.29) is 5.25 Å². The largest absolute Gasteiger partial charge is 0.381 e. The van der Waals surface area contributed by atoms with Crippen LogP contribution in [0.25, 0.3) is 0 Å². The van der Waals surface area contributed by atoms with Gasteiger partial charge < -0.3 is 4.74 Å². The van der Waals surface area contributed by atoms with Crippen molar-refractivity contribution in [3.8, 4) is 0 Å². The second kappa shape index (κ2) is 5.33. The molecule has 2 heterocycles. The Morgan fingerprint density at radius 2 is 1.88 bits per heavy atom. The number of piperidine rings is 1. The first kappa shape index (κ1) is 12.8. The van der Waals surface area contributed by atoms with Crippen LogP contribution in [0.5, 0.6) is 0 Å². The molecule has 0 aliphatic carbocycles. The van der Waals surface area contributed by atoms with E-state index in [9.17, 15) is 8.42 Å². The summed E-state index contributed by atoms with van der Waals surface area (Å²) in [4.78, 5) is 0.316. The lowest BCUT2D eigenvalue weighted by Gasteiger charge is -2.33. The lowest BCUT2D eigenvalue weighted by Crippen LogP contribution is -2.46. The van der Waals surface area contributed by atoms with Crippen LogP contribution in [0.15, 0.2) is 0 Å². The molecule has 2 aliphatic heterocycles. The topological polar surface area (TPSA) is 46.6 Å².